The standard InChI is InChI=1S/C11H5F3N4.C6H13N.C5H6N2O/c12-4-1-5-8(6(13)2-4)17-9(5)11-16-3-7(14)10(15)18-11;7-6-4-2-1-3-5-6;1-4-2-6-5(3-8)7-4/h1-3H,(H2,15,16,18);6H,1-5,7H2;2-3H,1H3,(H,6,7). The number of rotatable bonds is 2. The summed E-state index contributed by atoms with van der Waals surface area (Å²) < 4.78 is 39.2. The van der Waals surface area contributed by atoms with Crippen LogP contribution in [0.1, 0.15) is 59.8 Å². The molecule has 1 fully saturated rings. The van der Waals surface area contributed by atoms with Gasteiger partial charge >= 0.3 is 0 Å². The van der Waals surface area contributed by atoms with Crippen molar-refractivity contribution in [2.75, 3.05) is 5.73 Å². The van der Waals surface area contributed by atoms with Crippen LogP contribution in [0.2, 0.25) is 0 Å². The van der Waals surface area contributed by atoms with E-state index in [1.54, 1.807) is 6.20 Å². The summed E-state index contributed by atoms with van der Waals surface area (Å²) in [4.78, 5) is 27.6. The third kappa shape index (κ3) is 6.22. The second-order valence-electron chi connectivity index (χ2n) is 7.64. The molecule has 5 rings (SSSR count). The van der Waals surface area contributed by atoms with Crippen molar-refractivity contribution in [3.8, 4) is 0 Å². The second kappa shape index (κ2) is 10.8. The number of aromatic nitrogens is 4. The van der Waals surface area contributed by atoms with E-state index in [1.807, 2.05) is 6.92 Å². The largest absolute Gasteiger partial charge is 0.381 e. The number of anilines is 1. The number of halogens is 3. The molecule has 1 saturated carbocycles. The van der Waals surface area contributed by atoms with Gasteiger partial charge in [-0.2, -0.15) is 0 Å². The summed E-state index contributed by atoms with van der Waals surface area (Å²) in [6.07, 6.45) is 9.85. The van der Waals surface area contributed by atoms with E-state index in [1.165, 1.54) is 32.1 Å². The van der Waals surface area contributed by atoms with Gasteiger partial charge in [0.1, 0.15) is 17.2 Å². The van der Waals surface area contributed by atoms with Gasteiger partial charge < -0.3 is 16.5 Å². The van der Waals surface area contributed by atoms with Gasteiger partial charge in [-0.15, -0.1) is 0 Å². The van der Waals surface area contributed by atoms with Crippen molar-refractivity contribution in [3.63, 3.8) is 0 Å². The average Bonchev–Trinajstić information content (AvgIpc) is 3.20. The minimum Gasteiger partial charge on any atom is -0.381 e. The van der Waals surface area contributed by atoms with Gasteiger partial charge in [-0.3, -0.25) is 4.79 Å². The summed E-state index contributed by atoms with van der Waals surface area (Å²) in [6.45, 7) is 1.85. The van der Waals surface area contributed by atoms with E-state index in [2.05, 4.69) is 24.9 Å². The molecular weight excluding hydrogens is 435 g/mol. The van der Waals surface area contributed by atoms with E-state index in [0.29, 0.717) is 18.2 Å². The third-order valence-corrected chi connectivity index (χ3v) is 4.97. The van der Waals surface area contributed by atoms with Gasteiger partial charge in [-0.1, -0.05) is 19.3 Å². The summed E-state index contributed by atoms with van der Waals surface area (Å²) in [5.74, 6) is -2.16. The zero-order valence-electron chi connectivity index (χ0n) is 18.0. The number of aldehydes is 1. The Labute approximate surface area is 188 Å². The van der Waals surface area contributed by atoms with Crippen LogP contribution >= 0.6 is 0 Å². The Balaban J connectivity index is 0.000000168. The molecule has 0 saturated heterocycles. The number of nitrogen functional groups attached to an aromatic ring is 1. The summed E-state index contributed by atoms with van der Waals surface area (Å²) in [7, 11) is 0. The number of hydrogen-bond donors (Lipinski definition) is 3. The highest BCUT2D eigenvalue weighted by atomic mass is 19.1. The van der Waals surface area contributed by atoms with Crippen LogP contribution in [0.4, 0.5) is 24.7 Å². The van der Waals surface area contributed by atoms with Crippen LogP contribution < -0.4 is 11.5 Å². The van der Waals surface area contributed by atoms with Gasteiger partial charge in [0.15, 0.2) is 35.4 Å². The maximum absolute atomic E-state index is 13.3. The maximum atomic E-state index is 13.3. The Hall–Kier alpha value is -3.60. The lowest BCUT2D eigenvalue weighted by Crippen LogP contribution is -2.22. The van der Waals surface area contributed by atoms with E-state index < -0.39 is 17.5 Å². The zero-order chi connectivity index (χ0) is 24.0. The molecule has 2 aliphatic rings. The summed E-state index contributed by atoms with van der Waals surface area (Å²) >= 11 is 0. The molecule has 0 bridgehead atoms. The fourth-order valence-corrected chi connectivity index (χ4v) is 3.27. The molecule has 0 spiro atoms. The lowest BCUT2D eigenvalue weighted by atomic mass is 9.97. The number of fused-ring (bicyclic) bond motifs is 1. The summed E-state index contributed by atoms with van der Waals surface area (Å²) in [5, 5.41) is 0. The molecular formula is C22H24F3N7O. The Morgan fingerprint density at radius 3 is 2.30 bits per heavy atom. The fourth-order valence-electron chi connectivity index (χ4n) is 3.27. The average molecular weight is 459 g/mol. The highest BCUT2D eigenvalue weighted by Crippen LogP contribution is 2.35. The molecule has 2 aromatic heterocycles. The van der Waals surface area contributed by atoms with E-state index >= 15 is 0 Å². The first-order valence-electron chi connectivity index (χ1n) is 10.4. The quantitative estimate of drug-likeness (QED) is 0.391. The first-order valence-corrected chi connectivity index (χ1v) is 10.4. The van der Waals surface area contributed by atoms with Crippen molar-refractivity contribution in [2.45, 2.75) is 45.1 Å². The Morgan fingerprint density at radius 2 is 1.79 bits per heavy atom. The molecule has 5 N–H and O–H groups in total. The molecule has 8 nitrogen and oxygen atoms in total. The van der Waals surface area contributed by atoms with E-state index in [0.717, 1.165) is 24.0 Å². The number of carbonyl (C=O) groups is 1. The highest BCUT2D eigenvalue weighted by Gasteiger charge is 2.27. The number of nitrogens with two attached hydrogens (primary N) is 2. The van der Waals surface area contributed by atoms with Crippen LogP contribution in [0.15, 0.2) is 29.5 Å². The molecule has 11 heteroatoms. The van der Waals surface area contributed by atoms with Crippen LogP contribution in [-0.2, 0) is 0 Å². The summed E-state index contributed by atoms with van der Waals surface area (Å²) in [6, 6.07) is 2.39. The predicted molar refractivity (Wildman–Crippen MR) is 118 cm³/mol. The molecule has 0 unspecified atom stereocenters. The fraction of sp³-hybridized carbons (Fsp3) is 0.318. The minimum atomic E-state index is -0.760. The van der Waals surface area contributed by atoms with Gasteiger partial charge in [-0.25, -0.2) is 33.1 Å². The molecule has 0 atom stereocenters. The number of benzene rings is 1. The molecule has 1 aliphatic carbocycles. The number of imidazole rings is 1. The molecule has 33 heavy (non-hydrogen) atoms. The topological polar surface area (TPSA) is 136 Å². The van der Waals surface area contributed by atoms with E-state index in [4.69, 9.17) is 11.5 Å². The van der Waals surface area contributed by atoms with Crippen LogP contribution in [0.5, 0.6) is 0 Å². The smallest absolute Gasteiger partial charge is 0.185 e. The number of nitrogens with one attached hydrogen (secondary N) is 1. The zero-order valence-corrected chi connectivity index (χ0v) is 18.0. The molecule has 3 heterocycles. The lowest BCUT2D eigenvalue weighted by molar-refractivity contribution is 0.111. The number of hydrogen-bond acceptors (Lipinski definition) is 7. The van der Waals surface area contributed by atoms with Crippen LogP contribution in [0.25, 0.3) is 0 Å². The number of carbonyl (C=O) groups excluding carboxylic acids is 1. The van der Waals surface area contributed by atoms with Crippen molar-refractivity contribution in [2.24, 2.45) is 10.7 Å². The van der Waals surface area contributed by atoms with Crippen LogP contribution in [0.3, 0.4) is 0 Å². The van der Waals surface area contributed by atoms with Crippen molar-refractivity contribution < 1.29 is 18.0 Å². The maximum Gasteiger partial charge on any atom is 0.185 e. The number of H-pyrrole nitrogens is 1. The van der Waals surface area contributed by atoms with Gasteiger partial charge in [0.05, 0.1) is 6.20 Å². The molecule has 174 valence electrons. The molecule has 1 aromatic carbocycles. The Bertz CT molecular complexity index is 1160. The van der Waals surface area contributed by atoms with Crippen LogP contribution in [-0.4, -0.2) is 38.0 Å². The molecule has 1 aliphatic heterocycles. The summed E-state index contributed by atoms with van der Waals surface area (Å²) in [5.41, 5.74) is 12.3. The van der Waals surface area contributed by atoms with Crippen molar-refractivity contribution in [1.29, 1.82) is 0 Å². The molecule has 3 aromatic rings. The molecule has 0 amide bonds. The Morgan fingerprint density at radius 1 is 1.06 bits per heavy atom. The monoisotopic (exact) mass is 459 g/mol. The van der Waals surface area contributed by atoms with E-state index in [-0.39, 0.29) is 28.6 Å². The van der Waals surface area contributed by atoms with Crippen molar-refractivity contribution in [1.82, 2.24) is 19.9 Å². The van der Waals surface area contributed by atoms with E-state index in [9.17, 15) is 18.0 Å². The van der Waals surface area contributed by atoms with Gasteiger partial charge in [0.25, 0.3) is 0 Å². The van der Waals surface area contributed by atoms with Gasteiger partial charge in [-0.05, 0) is 25.8 Å². The lowest BCUT2D eigenvalue weighted by Gasteiger charge is -2.17. The van der Waals surface area contributed by atoms with Crippen LogP contribution in [0, 0.1) is 24.4 Å². The first kappa shape index (κ1) is 24.1. The number of aromatic amines is 1. The SMILES string of the molecule is Cc1cnc(C=O)[nH]1.NC1CCCCC1.Nc1nc(C2=Nc3c(F)cc(F)cc32)ncc1F. The van der Waals surface area contributed by atoms with Crippen molar-refractivity contribution in [3.05, 3.63) is 64.9 Å². The van der Waals surface area contributed by atoms with Gasteiger partial charge in [0.2, 0.25) is 0 Å². The third-order valence-electron chi connectivity index (χ3n) is 4.97. The second-order valence-corrected chi connectivity index (χ2v) is 7.64. The predicted octanol–water partition coefficient (Wildman–Crippen LogP) is 3.77. The van der Waals surface area contributed by atoms with Crippen molar-refractivity contribution >= 4 is 23.5 Å². The number of nitrogens with zero attached hydrogens (tertiary/aromatic N) is 4. The molecule has 0 radical (unpaired) electrons. The number of aliphatic imine (C=N–C) groups is 1. The number of aryl methyl sites for hydroxylation is 1. The minimum absolute atomic E-state index is 0.0337. The Kier molecular flexibility index (Phi) is 7.88. The highest BCUT2D eigenvalue weighted by molar-refractivity contribution is 6.20. The first-order chi connectivity index (χ1) is 15.8. The normalized spacial score (nSPS) is 14.5. The van der Waals surface area contributed by atoms with Gasteiger partial charge in [0, 0.05) is 29.6 Å².